The molecule has 94 valence electrons. The van der Waals surface area contributed by atoms with Gasteiger partial charge in [-0.2, -0.15) is 0 Å². The SMILES string of the molecule is CC(C)NC(=O)CC(C)NC1CCCC1C. The molecule has 1 fully saturated rings. The van der Waals surface area contributed by atoms with Crippen LogP contribution in [0.25, 0.3) is 0 Å². The van der Waals surface area contributed by atoms with E-state index in [9.17, 15) is 4.79 Å². The second kappa shape index (κ2) is 6.24. The second-order valence-electron chi connectivity index (χ2n) is 5.51. The van der Waals surface area contributed by atoms with Crippen molar-refractivity contribution >= 4 is 5.91 Å². The van der Waals surface area contributed by atoms with Crippen molar-refractivity contribution in [1.82, 2.24) is 10.6 Å². The number of hydrogen-bond donors (Lipinski definition) is 2. The second-order valence-corrected chi connectivity index (χ2v) is 5.51. The van der Waals surface area contributed by atoms with E-state index in [-0.39, 0.29) is 18.0 Å². The molecule has 0 aromatic heterocycles. The number of amides is 1. The van der Waals surface area contributed by atoms with Gasteiger partial charge in [-0.05, 0) is 39.5 Å². The summed E-state index contributed by atoms with van der Waals surface area (Å²) in [5.74, 6) is 0.913. The molecule has 3 atom stereocenters. The summed E-state index contributed by atoms with van der Waals surface area (Å²) in [5, 5.41) is 6.50. The molecule has 3 unspecified atom stereocenters. The molecule has 1 aliphatic rings. The average molecular weight is 226 g/mol. The molecule has 1 saturated carbocycles. The lowest BCUT2D eigenvalue weighted by atomic mass is 10.0. The van der Waals surface area contributed by atoms with E-state index in [0.29, 0.717) is 12.5 Å². The normalized spacial score (nSPS) is 27.1. The minimum absolute atomic E-state index is 0.153. The summed E-state index contributed by atoms with van der Waals surface area (Å²) in [4.78, 5) is 11.6. The Morgan fingerprint density at radius 2 is 2.00 bits per heavy atom. The van der Waals surface area contributed by atoms with Crippen LogP contribution in [0.4, 0.5) is 0 Å². The van der Waals surface area contributed by atoms with Gasteiger partial charge in [0.2, 0.25) is 5.91 Å². The maximum Gasteiger partial charge on any atom is 0.221 e. The fourth-order valence-corrected chi connectivity index (χ4v) is 2.48. The number of carbonyl (C=O) groups excluding carboxylic acids is 1. The third kappa shape index (κ3) is 4.52. The number of hydrogen-bond acceptors (Lipinski definition) is 2. The summed E-state index contributed by atoms with van der Waals surface area (Å²) in [6.45, 7) is 8.39. The molecule has 3 nitrogen and oxygen atoms in total. The van der Waals surface area contributed by atoms with Gasteiger partial charge < -0.3 is 10.6 Å². The Morgan fingerprint density at radius 1 is 1.31 bits per heavy atom. The Balaban J connectivity index is 2.24. The predicted molar refractivity (Wildman–Crippen MR) is 67.3 cm³/mol. The molecule has 0 radical (unpaired) electrons. The predicted octanol–water partition coefficient (Wildman–Crippen LogP) is 2.07. The molecule has 16 heavy (non-hydrogen) atoms. The molecule has 0 bridgehead atoms. The van der Waals surface area contributed by atoms with E-state index in [2.05, 4.69) is 24.5 Å². The minimum Gasteiger partial charge on any atom is -0.354 e. The van der Waals surface area contributed by atoms with Gasteiger partial charge in [-0.15, -0.1) is 0 Å². The number of nitrogens with one attached hydrogen (secondary N) is 2. The maximum absolute atomic E-state index is 11.6. The van der Waals surface area contributed by atoms with Crippen LogP contribution in [0.3, 0.4) is 0 Å². The van der Waals surface area contributed by atoms with Crippen LogP contribution in [0.2, 0.25) is 0 Å². The Labute approximate surface area is 99.4 Å². The van der Waals surface area contributed by atoms with Crippen molar-refractivity contribution in [2.75, 3.05) is 0 Å². The largest absolute Gasteiger partial charge is 0.354 e. The third-order valence-electron chi connectivity index (χ3n) is 3.30. The minimum atomic E-state index is 0.153. The van der Waals surface area contributed by atoms with Crippen LogP contribution in [0, 0.1) is 5.92 Å². The Morgan fingerprint density at radius 3 is 2.50 bits per heavy atom. The van der Waals surface area contributed by atoms with E-state index >= 15 is 0 Å². The molecular weight excluding hydrogens is 200 g/mol. The molecule has 0 heterocycles. The Hall–Kier alpha value is -0.570. The van der Waals surface area contributed by atoms with Gasteiger partial charge in [0.25, 0.3) is 0 Å². The summed E-state index contributed by atoms with van der Waals surface area (Å²) < 4.78 is 0. The summed E-state index contributed by atoms with van der Waals surface area (Å²) in [7, 11) is 0. The van der Waals surface area contributed by atoms with Crippen molar-refractivity contribution in [2.45, 2.75) is 71.5 Å². The van der Waals surface area contributed by atoms with E-state index in [0.717, 1.165) is 5.92 Å². The summed E-state index contributed by atoms with van der Waals surface area (Å²) in [5.41, 5.74) is 0. The molecule has 1 aliphatic carbocycles. The van der Waals surface area contributed by atoms with Crippen molar-refractivity contribution < 1.29 is 4.79 Å². The molecule has 1 rings (SSSR count). The van der Waals surface area contributed by atoms with Crippen molar-refractivity contribution in [3.8, 4) is 0 Å². The molecule has 0 aromatic carbocycles. The van der Waals surface area contributed by atoms with Crippen LogP contribution in [-0.2, 0) is 4.79 Å². The zero-order valence-electron chi connectivity index (χ0n) is 11.0. The van der Waals surface area contributed by atoms with Gasteiger partial charge in [0.05, 0.1) is 0 Å². The first-order valence-corrected chi connectivity index (χ1v) is 6.54. The van der Waals surface area contributed by atoms with Crippen molar-refractivity contribution in [3.63, 3.8) is 0 Å². The lowest BCUT2D eigenvalue weighted by Gasteiger charge is -2.22. The van der Waals surface area contributed by atoms with Gasteiger partial charge in [-0.3, -0.25) is 4.79 Å². The Bertz CT molecular complexity index is 228. The van der Waals surface area contributed by atoms with Gasteiger partial charge in [0.15, 0.2) is 0 Å². The summed E-state index contributed by atoms with van der Waals surface area (Å²) in [6.07, 6.45) is 4.49. The molecule has 0 aliphatic heterocycles. The molecule has 2 N–H and O–H groups in total. The van der Waals surface area contributed by atoms with E-state index in [4.69, 9.17) is 0 Å². The molecule has 0 spiro atoms. The lowest BCUT2D eigenvalue weighted by Crippen LogP contribution is -2.42. The van der Waals surface area contributed by atoms with E-state index in [1.54, 1.807) is 0 Å². The molecule has 0 saturated heterocycles. The highest BCUT2D eigenvalue weighted by Gasteiger charge is 2.24. The summed E-state index contributed by atoms with van der Waals surface area (Å²) >= 11 is 0. The van der Waals surface area contributed by atoms with Crippen LogP contribution in [-0.4, -0.2) is 24.0 Å². The van der Waals surface area contributed by atoms with Crippen molar-refractivity contribution in [2.24, 2.45) is 5.92 Å². The van der Waals surface area contributed by atoms with Crippen LogP contribution < -0.4 is 10.6 Å². The van der Waals surface area contributed by atoms with Crippen LogP contribution in [0.15, 0.2) is 0 Å². The van der Waals surface area contributed by atoms with E-state index in [1.807, 2.05) is 13.8 Å². The van der Waals surface area contributed by atoms with Crippen molar-refractivity contribution in [1.29, 1.82) is 0 Å². The molecule has 0 aromatic rings. The molecular formula is C13H26N2O. The first-order valence-electron chi connectivity index (χ1n) is 6.54. The average Bonchev–Trinajstić information content (AvgIpc) is 2.49. The van der Waals surface area contributed by atoms with Crippen LogP contribution in [0.1, 0.15) is 53.4 Å². The lowest BCUT2D eigenvalue weighted by molar-refractivity contribution is -0.122. The fourth-order valence-electron chi connectivity index (χ4n) is 2.48. The quantitative estimate of drug-likeness (QED) is 0.753. The van der Waals surface area contributed by atoms with Crippen LogP contribution >= 0.6 is 0 Å². The van der Waals surface area contributed by atoms with E-state index < -0.39 is 0 Å². The molecule has 3 heteroatoms. The standard InChI is InChI=1S/C13H26N2O/c1-9(2)14-13(16)8-11(4)15-12-7-5-6-10(12)3/h9-12,15H,5-8H2,1-4H3,(H,14,16). The van der Waals surface area contributed by atoms with E-state index in [1.165, 1.54) is 19.3 Å². The van der Waals surface area contributed by atoms with Crippen molar-refractivity contribution in [3.05, 3.63) is 0 Å². The first kappa shape index (κ1) is 13.5. The number of carbonyl (C=O) groups is 1. The van der Waals surface area contributed by atoms with Gasteiger partial charge in [0.1, 0.15) is 0 Å². The van der Waals surface area contributed by atoms with Gasteiger partial charge >= 0.3 is 0 Å². The Kier molecular flexibility index (Phi) is 5.26. The number of rotatable bonds is 5. The highest BCUT2D eigenvalue weighted by atomic mass is 16.1. The van der Waals surface area contributed by atoms with Gasteiger partial charge in [0, 0.05) is 24.5 Å². The summed E-state index contributed by atoms with van der Waals surface area (Å²) in [6, 6.07) is 1.14. The van der Waals surface area contributed by atoms with Gasteiger partial charge in [-0.25, -0.2) is 0 Å². The van der Waals surface area contributed by atoms with Gasteiger partial charge in [-0.1, -0.05) is 13.3 Å². The molecule has 1 amide bonds. The first-order chi connectivity index (χ1) is 7.49. The third-order valence-corrected chi connectivity index (χ3v) is 3.30. The topological polar surface area (TPSA) is 41.1 Å². The fraction of sp³-hybridized carbons (Fsp3) is 0.923. The van der Waals surface area contributed by atoms with Crippen LogP contribution in [0.5, 0.6) is 0 Å². The zero-order chi connectivity index (χ0) is 12.1. The zero-order valence-corrected chi connectivity index (χ0v) is 11.0. The highest BCUT2D eigenvalue weighted by Crippen LogP contribution is 2.25. The smallest absolute Gasteiger partial charge is 0.221 e. The maximum atomic E-state index is 11.6. The monoisotopic (exact) mass is 226 g/mol. The highest BCUT2D eigenvalue weighted by molar-refractivity contribution is 5.76.